The molecule has 2 atom stereocenters. The van der Waals surface area contributed by atoms with Gasteiger partial charge in [-0.1, -0.05) is 33.8 Å². The Kier molecular flexibility index (Phi) is 7.09. The Balaban J connectivity index is 3.48. The average molecular weight is 306 g/mol. The molecule has 0 spiro atoms. The average Bonchev–Trinajstić information content (AvgIpc) is 2.56. The van der Waals surface area contributed by atoms with E-state index in [1.165, 1.54) is 7.11 Å². The van der Waals surface area contributed by atoms with Gasteiger partial charge in [0, 0.05) is 0 Å². The second-order valence-electron chi connectivity index (χ2n) is 5.66. The first-order valence-corrected chi connectivity index (χ1v) is 7.80. The van der Waals surface area contributed by atoms with Gasteiger partial charge in [-0.25, -0.2) is 4.79 Å². The summed E-state index contributed by atoms with van der Waals surface area (Å²) < 4.78 is 9.89. The lowest BCUT2D eigenvalue weighted by Crippen LogP contribution is -2.12. The third kappa shape index (κ3) is 4.09. The molecule has 0 amide bonds. The molecule has 0 saturated heterocycles. The van der Waals surface area contributed by atoms with E-state index in [1.54, 1.807) is 0 Å². The van der Waals surface area contributed by atoms with Crippen LogP contribution in [0.2, 0.25) is 0 Å². The summed E-state index contributed by atoms with van der Waals surface area (Å²) >= 11 is 0. The van der Waals surface area contributed by atoms with Gasteiger partial charge in [-0.3, -0.25) is 4.79 Å². The third-order valence-corrected chi connectivity index (χ3v) is 4.31. The van der Waals surface area contributed by atoms with Crippen LogP contribution < -0.4 is 0 Å². The zero-order chi connectivity index (χ0) is 16.7. The van der Waals surface area contributed by atoms with Crippen molar-refractivity contribution in [1.29, 1.82) is 0 Å². The molecule has 0 aromatic heterocycles. The summed E-state index contributed by atoms with van der Waals surface area (Å²) in [4.78, 5) is 22.7. The van der Waals surface area contributed by atoms with Crippen molar-refractivity contribution in [2.45, 2.75) is 59.0 Å². The highest BCUT2D eigenvalue weighted by molar-refractivity contribution is 5.91. The summed E-state index contributed by atoms with van der Waals surface area (Å²) in [6.07, 6.45) is 1.86. The number of esters is 1. The van der Waals surface area contributed by atoms with Crippen molar-refractivity contribution in [1.82, 2.24) is 0 Å². The molecule has 1 aromatic carbocycles. The Labute approximate surface area is 132 Å². The van der Waals surface area contributed by atoms with Crippen molar-refractivity contribution in [3.8, 4) is 0 Å². The largest absolute Gasteiger partial charge is 0.465 e. The Morgan fingerprint density at radius 2 is 1.73 bits per heavy atom. The van der Waals surface area contributed by atoms with Crippen molar-refractivity contribution in [3.63, 3.8) is 0 Å². The highest BCUT2D eigenvalue weighted by atomic mass is 16.5. The second-order valence-corrected chi connectivity index (χ2v) is 5.66. The molecule has 2 unspecified atom stereocenters. The highest BCUT2D eigenvalue weighted by Crippen LogP contribution is 2.31. The van der Waals surface area contributed by atoms with Crippen LogP contribution in [0.5, 0.6) is 0 Å². The molecule has 122 valence electrons. The Morgan fingerprint density at radius 1 is 1.14 bits per heavy atom. The summed E-state index contributed by atoms with van der Waals surface area (Å²) in [5.41, 5.74) is 3.56. The van der Waals surface area contributed by atoms with E-state index >= 15 is 0 Å². The fourth-order valence-electron chi connectivity index (χ4n) is 2.52. The minimum Gasteiger partial charge on any atom is -0.465 e. The van der Waals surface area contributed by atoms with Gasteiger partial charge in [-0.15, -0.1) is 0 Å². The van der Waals surface area contributed by atoms with Gasteiger partial charge in [-0.2, -0.15) is 0 Å². The molecular weight excluding hydrogens is 280 g/mol. The molecule has 0 radical (unpaired) electrons. The Bertz CT molecular complexity index is 522. The standard InChI is InChI=1S/C18H26O4/c1-6-12(3)15-9-17(18(20)21-5)16(13(4)7-2)8-14(15)10-22-11-19/h8-9,11-13H,6-7,10H2,1-5H3. The van der Waals surface area contributed by atoms with Crippen molar-refractivity contribution in [2.75, 3.05) is 7.11 Å². The van der Waals surface area contributed by atoms with E-state index in [0.29, 0.717) is 12.0 Å². The number of benzene rings is 1. The van der Waals surface area contributed by atoms with Crippen LogP contribution in [0, 0.1) is 0 Å². The SMILES string of the molecule is CCC(C)c1cc(C(=O)OC)c(C(C)CC)cc1COC=O. The fraction of sp³-hybridized carbons (Fsp3) is 0.556. The molecule has 22 heavy (non-hydrogen) atoms. The molecule has 1 rings (SSSR count). The van der Waals surface area contributed by atoms with Crippen molar-refractivity contribution in [3.05, 3.63) is 34.4 Å². The number of rotatable bonds is 8. The zero-order valence-corrected chi connectivity index (χ0v) is 14.1. The van der Waals surface area contributed by atoms with Crippen molar-refractivity contribution in [2.24, 2.45) is 0 Å². The summed E-state index contributed by atoms with van der Waals surface area (Å²) in [7, 11) is 1.40. The first-order valence-electron chi connectivity index (χ1n) is 7.80. The van der Waals surface area contributed by atoms with Gasteiger partial charge in [0.2, 0.25) is 0 Å². The Hall–Kier alpha value is -1.84. The van der Waals surface area contributed by atoms with Gasteiger partial charge < -0.3 is 9.47 Å². The minimum atomic E-state index is -0.317. The normalized spacial score (nSPS) is 13.3. The van der Waals surface area contributed by atoms with E-state index in [2.05, 4.69) is 27.7 Å². The summed E-state index contributed by atoms with van der Waals surface area (Å²) in [5, 5.41) is 0. The van der Waals surface area contributed by atoms with Crippen LogP contribution in [0.4, 0.5) is 0 Å². The van der Waals surface area contributed by atoms with Gasteiger partial charge >= 0.3 is 5.97 Å². The quantitative estimate of drug-likeness (QED) is 0.534. The van der Waals surface area contributed by atoms with Gasteiger partial charge in [-0.05, 0) is 47.4 Å². The number of hydrogen-bond donors (Lipinski definition) is 0. The van der Waals surface area contributed by atoms with E-state index in [0.717, 1.165) is 29.5 Å². The number of ether oxygens (including phenoxy) is 2. The van der Waals surface area contributed by atoms with Gasteiger partial charge in [0.05, 0.1) is 12.7 Å². The molecule has 0 N–H and O–H groups in total. The van der Waals surface area contributed by atoms with E-state index in [1.807, 2.05) is 12.1 Å². The predicted octanol–water partition coefficient (Wildman–Crippen LogP) is 4.17. The maximum atomic E-state index is 12.1. The van der Waals surface area contributed by atoms with Gasteiger partial charge in [0.25, 0.3) is 6.47 Å². The lowest BCUT2D eigenvalue weighted by molar-refractivity contribution is -0.129. The maximum Gasteiger partial charge on any atom is 0.338 e. The van der Waals surface area contributed by atoms with E-state index in [9.17, 15) is 9.59 Å². The van der Waals surface area contributed by atoms with Crippen LogP contribution in [0.15, 0.2) is 12.1 Å². The van der Waals surface area contributed by atoms with Crippen LogP contribution in [0.25, 0.3) is 0 Å². The van der Waals surface area contributed by atoms with E-state index in [-0.39, 0.29) is 24.4 Å². The van der Waals surface area contributed by atoms with Crippen molar-refractivity contribution >= 4 is 12.4 Å². The molecule has 1 aromatic rings. The first kappa shape index (κ1) is 18.2. The minimum absolute atomic E-state index is 0.230. The molecule has 0 aliphatic heterocycles. The molecule has 0 aliphatic rings. The second kappa shape index (κ2) is 8.57. The van der Waals surface area contributed by atoms with E-state index in [4.69, 9.17) is 9.47 Å². The first-order chi connectivity index (χ1) is 10.5. The van der Waals surface area contributed by atoms with E-state index < -0.39 is 0 Å². The van der Waals surface area contributed by atoms with Crippen LogP contribution >= 0.6 is 0 Å². The lowest BCUT2D eigenvalue weighted by atomic mass is 9.85. The zero-order valence-electron chi connectivity index (χ0n) is 14.1. The third-order valence-electron chi connectivity index (χ3n) is 4.31. The number of carbonyl (C=O) groups excluding carboxylic acids is 2. The number of carbonyl (C=O) groups is 2. The molecule has 0 aliphatic carbocycles. The smallest absolute Gasteiger partial charge is 0.338 e. The topological polar surface area (TPSA) is 52.6 Å². The van der Waals surface area contributed by atoms with Crippen LogP contribution in [0.1, 0.15) is 79.4 Å². The summed E-state index contributed by atoms with van der Waals surface area (Å²) in [5.74, 6) is 0.192. The monoisotopic (exact) mass is 306 g/mol. The molecule has 0 bridgehead atoms. The summed E-state index contributed by atoms with van der Waals surface area (Å²) in [6, 6.07) is 3.90. The maximum absolute atomic E-state index is 12.1. The fourth-order valence-corrected chi connectivity index (χ4v) is 2.52. The van der Waals surface area contributed by atoms with Crippen LogP contribution in [0.3, 0.4) is 0 Å². The van der Waals surface area contributed by atoms with Gasteiger partial charge in [0.15, 0.2) is 0 Å². The lowest BCUT2D eigenvalue weighted by Gasteiger charge is -2.21. The molecule has 0 saturated carbocycles. The summed E-state index contributed by atoms with van der Waals surface area (Å²) in [6.45, 7) is 9.04. The molecule has 0 fully saturated rings. The molecule has 4 nitrogen and oxygen atoms in total. The predicted molar refractivity (Wildman–Crippen MR) is 86.0 cm³/mol. The molecule has 0 heterocycles. The highest BCUT2D eigenvalue weighted by Gasteiger charge is 2.21. The van der Waals surface area contributed by atoms with Crippen molar-refractivity contribution < 1.29 is 19.1 Å². The number of hydrogen-bond acceptors (Lipinski definition) is 4. The molecule has 4 heteroatoms. The Morgan fingerprint density at radius 3 is 2.23 bits per heavy atom. The molecular formula is C18H26O4. The van der Waals surface area contributed by atoms with Gasteiger partial charge in [0.1, 0.15) is 6.61 Å². The van der Waals surface area contributed by atoms with Crippen LogP contribution in [-0.4, -0.2) is 19.6 Å². The number of methoxy groups -OCH3 is 1. The van der Waals surface area contributed by atoms with Crippen LogP contribution in [-0.2, 0) is 20.9 Å².